The molecule has 3 rings (SSSR count). The van der Waals surface area contributed by atoms with E-state index in [1.807, 2.05) is 0 Å². The zero-order chi connectivity index (χ0) is 23.1. The van der Waals surface area contributed by atoms with Crippen LogP contribution >= 0.6 is 0 Å². The van der Waals surface area contributed by atoms with Gasteiger partial charge in [0.15, 0.2) is 11.4 Å². The van der Waals surface area contributed by atoms with E-state index in [-0.39, 0.29) is 22.4 Å². The van der Waals surface area contributed by atoms with Crippen molar-refractivity contribution in [3.05, 3.63) is 35.7 Å². The first-order chi connectivity index (χ1) is 15.5. The summed E-state index contributed by atoms with van der Waals surface area (Å²) in [5, 5.41) is 20.3. The van der Waals surface area contributed by atoms with Gasteiger partial charge in [-0.25, -0.2) is 19.6 Å². The van der Waals surface area contributed by atoms with E-state index in [1.165, 1.54) is 12.1 Å². The monoisotopic (exact) mass is 440 g/mol. The van der Waals surface area contributed by atoms with Gasteiger partial charge in [-0.3, -0.25) is 0 Å². The second-order valence-corrected chi connectivity index (χ2v) is 7.59. The lowest BCUT2D eigenvalue weighted by Crippen LogP contribution is -2.07. The van der Waals surface area contributed by atoms with Gasteiger partial charge in [0.1, 0.15) is 22.5 Å². The number of hydrogen-bond donors (Lipinski definition) is 2. The molecule has 0 fully saturated rings. The number of aromatic nitrogens is 2. The number of fused-ring (bicyclic) bond motifs is 3. The number of ether oxygens (including phenoxy) is 2. The summed E-state index contributed by atoms with van der Waals surface area (Å²) in [4.78, 5) is 31.9. The number of carboxylic acids is 2. The van der Waals surface area contributed by atoms with E-state index >= 15 is 0 Å². The number of carbonyl (C=O) groups is 2. The number of carboxylic acid groups (broad SMARTS) is 2. The first-order valence-electron chi connectivity index (χ1n) is 11.0. The molecule has 3 aromatic rings. The predicted molar refractivity (Wildman–Crippen MR) is 121 cm³/mol. The second-order valence-electron chi connectivity index (χ2n) is 7.59. The Morgan fingerprint density at radius 1 is 0.750 bits per heavy atom. The topological polar surface area (TPSA) is 119 Å². The Kier molecular flexibility index (Phi) is 7.81. The van der Waals surface area contributed by atoms with Crippen LogP contribution in [0.2, 0.25) is 0 Å². The van der Waals surface area contributed by atoms with E-state index in [4.69, 9.17) is 9.47 Å². The molecule has 2 N–H and O–H groups in total. The van der Waals surface area contributed by atoms with E-state index in [1.54, 1.807) is 12.1 Å². The SMILES string of the molecule is CCCCCOc1cc(C(=O)O)nc2c1ccc1c(OCCCCC)cc(C(=O)O)nc12. The Hall–Kier alpha value is -3.42. The number of aromatic carboxylic acids is 2. The molecule has 0 aliphatic rings. The largest absolute Gasteiger partial charge is 0.493 e. The number of nitrogens with zero attached hydrogens (tertiary/aromatic N) is 2. The fourth-order valence-corrected chi connectivity index (χ4v) is 3.44. The number of benzene rings is 1. The lowest BCUT2D eigenvalue weighted by Gasteiger charge is -2.14. The van der Waals surface area contributed by atoms with Gasteiger partial charge >= 0.3 is 11.9 Å². The van der Waals surface area contributed by atoms with Crippen LogP contribution in [-0.4, -0.2) is 45.3 Å². The minimum atomic E-state index is -1.20. The van der Waals surface area contributed by atoms with Gasteiger partial charge in [-0.1, -0.05) is 39.5 Å². The quantitative estimate of drug-likeness (QED) is 0.287. The third-order valence-electron chi connectivity index (χ3n) is 5.13. The molecule has 170 valence electrons. The van der Waals surface area contributed by atoms with Crippen LogP contribution in [0.15, 0.2) is 24.3 Å². The lowest BCUT2D eigenvalue weighted by atomic mass is 10.1. The van der Waals surface area contributed by atoms with E-state index < -0.39 is 11.9 Å². The van der Waals surface area contributed by atoms with Crippen molar-refractivity contribution in [2.24, 2.45) is 0 Å². The van der Waals surface area contributed by atoms with Gasteiger partial charge in [-0.15, -0.1) is 0 Å². The van der Waals surface area contributed by atoms with Crippen LogP contribution in [0.3, 0.4) is 0 Å². The molecule has 2 heterocycles. The van der Waals surface area contributed by atoms with Crippen molar-refractivity contribution in [3.63, 3.8) is 0 Å². The summed E-state index contributed by atoms with van der Waals surface area (Å²) < 4.78 is 11.8. The molecule has 0 radical (unpaired) electrons. The zero-order valence-electron chi connectivity index (χ0n) is 18.4. The van der Waals surface area contributed by atoms with Gasteiger partial charge in [0.25, 0.3) is 0 Å². The van der Waals surface area contributed by atoms with Crippen LogP contribution in [0.25, 0.3) is 21.8 Å². The van der Waals surface area contributed by atoms with Gasteiger partial charge in [-0.05, 0) is 25.0 Å². The van der Waals surface area contributed by atoms with Crippen LogP contribution in [0.1, 0.15) is 73.3 Å². The molecule has 0 amide bonds. The van der Waals surface area contributed by atoms with Crippen molar-refractivity contribution < 1.29 is 29.3 Å². The Balaban J connectivity index is 2.16. The molecular formula is C24H28N2O6. The Morgan fingerprint density at radius 2 is 1.16 bits per heavy atom. The van der Waals surface area contributed by atoms with Crippen LogP contribution in [0, 0.1) is 0 Å². The molecule has 2 aromatic heterocycles. The molecule has 0 atom stereocenters. The fourth-order valence-electron chi connectivity index (χ4n) is 3.44. The Labute approximate surface area is 186 Å². The van der Waals surface area contributed by atoms with Crippen molar-refractivity contribution in [2.45, 2.75) is 52.4 Å². The normalized spacial score (nSPS) is 11.1. The van der Waals surface area contributed by atoms with Crippen LogP contribution < -0.4 is 9.47 Å². The summed E-state index contributed by atoms with van der Waals surface area (Å²) in [5.74, 6) is -1.63. The lowest BCUT2D eigenvalue weighted by molar-refractivity contribution is 0.0679. The van der Waals surface area contributed by atoms with Gasteiger partial charge in [-0.2, -0.15) is 0 Å². The Bertz CT molecular complexity index is 1040. The highest BCUT2D eigenvalue weighted by atomic mass is 16.5. The summed E-state index contributed by atoms with van der Waals surface area (Å²) in [7, 11) is 0. The minimum absolute atomic E-state index is 0.191. The molecular weight excluding hydrogens is 412 g/mol. The van der Waals surface area contributed by atoms with Crippen molar-refractivity contribution in [3.8, 4) is 11.5 Å². The van der Waals surface area contributed by atoms with Gasteiger partial charge in [0.05, 0.1) is 13.2 Å². The zero-order valence-corrected chi connectivity index (χ0v) is 18.4. The number of rotatable bonds is 12. The van der Waals surface area contributed by atoms with E-state index in [2.05, 4.69) is 23.8 Å². The van der Waals surface area contributed by atoms with Crippen molar-refractivity contribution >= 4 is 33.7 Å². The average molecular weight is 440 g/mol. The maximum absolute atomic E-state index is 11.7. The van der Waals surface area contributed by atoms with Crippen molar-refractivity contribution in [1.82, 2.24) is 9.97 Å². The summed E-state index contributed by atoms with van der Waals surface area (Å²) in [6.45, 7) is 5.06. The molecule has 0 aliphatic carbocycles. The van der Waals surface area contributed by atoms with E-state index in [0.29, 0.717) is 35.5 Å². The second kappa shape index (κ2) is 10.7. The number of unbranched alkanes of at least 4 members (excludes halogenated alkanes) is 4. The summed E-state index contributed by atoms with van der Waals surface area (Å²) in [6.07, 6.45) is 5.75. The maximum Gasteiger partial charge on any atom is 0.354 e. The van der Waals surface area contributed by atoms with Crippen LogP contribution in [-0.2, 0) is 0 Å². The van der Waals surface area contributed by atoms with Crippen LogP contribution in [0.5, 0.6) is 11.5 Å². The van der Waals surface area contributed by atoms with Crippen molar-refractivity contribution in [1.29, 1.82) is 0 Å². The highest BCUT2D eigenvalue weighted by molar-refractivity contribution is 6.09. The van der Waals surface area contributed by atoms with Crippen molar-refractivity contribution in [2.75, 3.05) is 13.2 Å². The number of hydrogen-bond acceptors (Lipinski definition) is 6. The third-order valence-corrected chi connectivity index (χ3v) is 5.13. The number of pyridine rings is 2. The maximum atomic E-state index is 11.7. The predicted octanol–water partition coefficient (Wildman–Crippen LogP) is 5.32. The first kappa shape index (κ1) is 23.2. The van der Waals surface area contributed by atoms with Crippen LogP contribution in [0.4, 0.5) is 0 Å². The fraction of sp³-hybridized carbons (Fsp3) is 0.417. The summed E-state index contributed by atoms with van der Waals surface area (Å²) in [6, 6.07) is 6.36. The molecule has 8 heteroatoms. The summed E-state index contributed by atoms with van der Waals surface area (Å²) >= 11 is 0. The molecule has 1 aromatic carbocycles. The van der Waals surface area contributed by atoms with Gasteiger partial charge in [0.2, 0.25) is 0 Å². The molecule has 0 aliphatic heterocycles. The van der Waals surface area contributed by atoms with E-state index in [9.17, 15) is 19.8 Å². The average Bonchev–Trinajstić information content (AvgIpc) is 2.78. The smallest absolute Gasteiger partial charge is 0.354 e. The molecule has 32 heavy (non-hydrogen) atoms. The van der Waals surface area contributed by atoms with Gasteiger partial charge < -0.3 is 19.7 Å². The standard InChI is InChI=1S/C24H28N2O6/c1-3-5-7-11-31-19-13-17(23(27)28)25-21-15(19)9-10-16-20(32-12-8-6-4-2)14-18(24(29)30)26-22(16)21/h9-10,13-14H,3-8,11-12H2,1-2H3,(H,27,28)(H,29,30). The third kappa shape index (κ3) is 5.25. The first-order valence-corrected chi connectivity index (χ1v) is 11.0. The molecule has 0 saturated carbocycles. The molecule has 0 saturated heterocycles. The molecule has 8 nitrogen and oxygen atoms in total. The molecule has 0 bridgehead atoms. The highest BCUT2D eigenvalue weighted by Gasteiger charge is 2.19. The van der Waals surface area contributed by atoms with Gasteiger partial charge in [0, 0.05) is 22.9 Å². The summed E-state index contributed by atoms with van der Waals surface area (Å²) in [5.41, 5.74) is 0.163. The Morgan fingerprint density at radius 3 is 1.50 bits per heavy atom. The highest BCUT2D eigenvalue weighted by Crippen LogP contribution is 2.35. The molecule has 0 spiro atoms. The molecule has 0 unspecified atom stereocenters. The van der Waals surface area contributed by atoms with E-state index in [0.717, 1.165) is 38.5 Å². The minimum Gasteiger partial charge on any atom is -0.493 e.